The van der Waals surface area contributed by atoms with E-state index in [2.05, 4.69) is 0 Å². The normalized spacial score (nSPS) is 31.4. The van der Waals surface area contributed by atoms with Gasteiger partial charge in [-0.15, -0.1) is 0 Å². The molecular weight excluding hydrogens is 86.9 g/mol. The van der Waals surface area contributed by atoms with Crippen LogP contribution in [0.1, 0.15) is 19.3 Å². The highest BCUT2D eigenvalue weighted by molar-refractivity contribution is 6.24. The molecule has 0 spiro atoms. The van der Waals surface area contributed by atoms with Gasteiger partial charge in [-0.1, -0.05) is 6.42 Å². The van der Waals surface area contributed by atoms with Crippen molar-refractivity contribution >= 4 is 13.6 Å². The van der Waals surface area contributed by atoms with E-state index in [-0.39, 0.29) is 11.6 Å². The van der Waals surface area contributed by atoms with Gasteiger partial charge in [0.25, 0.3) is 0 Å². The Kier molecular flexibility index (Phi) is 1.18. The molecule has 0 aromatic carbocycles. The third kappa shape index (κ3) is 0.844. The molecule has 1 fully saturated rings. The lowest BCUT2D eigenvalue weighted by Crippen LogP contribution is -1.96. The molecule has 0 aromatic heterocycles. The van der Waals surface area contributed by atoms with Crippen LogP contribution in [-0.4, -0.2) is 13.6 Å². The Morgan fingerprint density at radius 3 is 2.57 bits per heavy atom. The van der Waals surface area contributed by atoms with E-state index < -0.39 is 0 Å². The zero-order valence-electron chi connectivity index (χ0n) is 4.18. The van der Waals surface area contributed by atoms with Crippen molar-refractivity contribution in [1.29, 1.82) is 0 Å². The molecule has 1 aliphatic carbocycles. The van der Waals surface area contributed by atoms with Gasteiger partial charge in [-0.2, -0.15) is 0 Å². The number of ketones is 1. The van der Waals surface area contributed by atoms with E-state index in [0.29, 0.717) is 6.42 Å². The molecule has 0 aliphatic heterocycles. The Morgan fingerprint density at radius 2 is 2.43 bits per heavy atom. The van der Waals surface area contributed by atoms with Crippen LogP contribution in [0.5, 0.6) is 0 Å². The van der Waals surface area contributed by atoms with Crippen molar-refractivity contribution in [3.8, 4) is 0 Å². The number of Topliss-reactive ketones (excluding diaryl/α,β-unsaturated/α-hetero) is 1. The van der Waals surface area contributed by atoms with Gasteiger partial charge in [0.1, 0.15) is 5.78 Å². The average molecular weight is 93.9 g/mol. The number of carbonyl (C=O) groups is 1. The van der Waals surface area contributed by atoms with Crippen LogP contribution in [0.25, 0.3) is 0 Å². The molecule has 1 rings (SSSR count). The molecule has 0 aromatic rings. The molecule has 0 heterocycles. The first-order valence-electron chi connectivity index (χ1n) is 2.59. The lowest BCUT2D eigenvalue weighted by atomic mass is 9.86. The molecule has 1 nitrogen and oxygen atoms in total. The van der Waals surface area contributed by atoms with Crippen LogP contribution < -0.4 is 0 Å². The summed E-state index contributed by atoms with van der Waals surface area (Å²) in [6.07, 6.45) is 2.61. The molecule has 7 heavy (non-hydrogen) atoms. The molecule has 2 heteroatoms. The summed E-state index contributed by atoms with van der Waals surface area (Å²) in [7, 11) is 5.33. The van der Waals surface area contributed by atoms with Crippen molar-refractivity contribution in [1.82, 2.24) is 0 Å². The third-order valence-corrected chi connectivity index (χ3v) is 1.35. The highest BCUT2D eigenvalue weighted by Crippen LogP contribution is 2.22. The quantitative estimate of drug-likeness (QED) is 0.403. The zero-order valence-corrected chi connectivity index (χ0v) is 4.18. The summed E-state index contributed by atoms with van der Waals surface area (Å²) in [5.74, 6) is 0.111. The summed E-state index contributed by atoms with van der Waals surface area (Å²) < 4.78 is 0. The molecule has 1 aliphatic rings. The second-order valence-corrected chi connectivity index (χ2v) is 1.97. The van der Waals surface area contributed by atoms with E-state index in [9.17, 15) is 4.79 Å². The molecule has 0 N–H and O–H groups in total. The molecule has 0 saturated heterocycles. The summed E-state index contributed by atoms with van der Waals surface area (Å²) in [4.78, 5) is 10.4. The van der Waals surface area contributed by atoms with E-state index in [0.717, 1.165) is 12.8 Å². The molecule has 0 bridgehead atoms. The van der Waals surface area contributed by atoms with E-state index in [1.165, 1.54) is 0 Å². The molecule has 1 unspecified atom stereocenters. The Morgan fingerprint density at radius 1 is 1.71 bits per heavy atom. The maximum atomic E-state index is 10.4. The maximum Gasteiger partial charge on any atom is 0.127 e. The van der Waals surface area contributed by atoms with Crippen LogP contribution >= 0.6 is 0 Å². The standard InChI is InChI=1S/C5H7BO/c6-4-2-1-3-5(4)7/h4H,1-3H2. The number of rotatable bonds is 0. The van der Waals surface area contributed by atoms with E-state index in [1.54, 1.807) is 0 Å². The average Bonchev–Trinajstić information content (AvgIpc) is 1.91. The van der Waals surface area contributed by atoms with E-state index >= 15 is 0 Å². The van der Waals surface area contributed by atoms with Crippen molar-refractivity contribution in [2.75, 3.05) is 0 Å². The molecule has 2 radical (unpaired) electrons. The number of hydrogen-bond donors (Lipinski definition) is 0. The van der Waals surface area contributed by atoms with Crippen molar-refractivity contribution in [3.05, 3.63) is 0 Å². The van der Waals surface area contributed by atoms with Crippen LogP contribution in [0.15, 0.2) is 0 Å². The first kappa shape index (κ1) is 4.88. The van der Waals surface area contributed by atoms with Gasteiger partial charge in [0, 0.05) is 6.42 Å². The van der Waals surface area contributed by atoms with E-state index in [1.807, 2.05) is 0 Å². The lowest BCUT2D eigenvalue weighted by Gasteiger charge is -1.91. The van der Waals surface area contributed by atoms with Gasteiger partial charge >= 0.3 is 0 Å². The molecule has 1 saturated carbocycles. The van der Waals surface area contributed by atoms with Gasteiger partial charge < -0.3 is 4.79 Å². The summed E-state index contributed by atoms with van der Waals surface area (Å²) in [6, 6.07) is 0. The fraction of sp³-hybridized carbons (Fsp3) is 0.800. The minimum Gasteiger partial charge on any atom is -0.300 e. The van der Waals surface area contributed by atoms with Crippen LogP contribution in [0.3, 0.4) is 0 Å². The summed E-state index contributed by atoms with van der Waals surface area (Å²) in [6.45, 7) is 0. The van der Waals surface area contributed by atoms with Gasteiger partial charge in [-0.05, 0) is 12.2 Å². The highest BCUT2D eigenvalue weighted by atomic mass is 16.1. The van der Waals surface area contributed by atoms with Crippen LogP contribution in [-0.2, 0) is 4.79 Å². The van der Waals surface area contributed by atoms with Crippen molar-refractivity contribution in [2.24, 2.45) is 0 Å². The Hall–Kier alpha value is -0.265. The summed E-state index contributed by atoms with van der Waals surface area (Å²) in [5.41, 5.74) is 0. The molecule has 36 valence electrons. The third-order valence-electron chi connectivity index (χ3n) is 1.35. The van der Waals surface area contributed by atoms with Gasteiger partial charge in [0.15, 0.2) is 0 Å². The smallest absolute Gasteiger partial charge is 0.127 e. The van der Waals surface area contributed by atoms with Gasteiger partial charge in [-0.3, -0.25) is 0 Å². The molecular formula is C5H7BO. The fourth-order valence-corrected chi connectivity index (χ4v) is 0.843. The van der Waals surface area contributed by atoms with Gasteiger partial charge in [0.2, 0.25) is 0 Å². The van der Waals surface area contributed by atoms with Crippen LogP contribution in [0.2, 0.25) is 5.82 Å². The van der Waals surface area contributed by atoms with Crippen molar-refractivity contribution in [3.63, 3.8) is 0 Å². The minimum atomic E-state index is -0.125. The second-order valence-electron chi connectivity index (χ2n) is 1.97. The van der Waals surface area contributed by atoms with Crippen molar-refractivity contribution < 1.29 is 4.79 Å². The Balaban J connectivity index is 2.48. The zero-order chi connectivity index (χ0) is 5.28. The first-order valence-corrected chi connectivity index (χ1v) is 2.59. The topological polar surface area (TPSA) is 17.1 Å². The minimum absolute atomic E-state index is 0.125. The predicted molar refractivity (Wildman–Crippen MR) is 28.4 cm³/mol. The van der Waals surface area contributed by atoms with Gasteiger partial charge in [-0.25, -0.2) is 0 Å². The van der Waals surface area contributed by atoms with Crippen LogP contribution in [0, 0.1) is 0 Å². The highest BCUT2D eigenvalue weighted by Gasteiger charge is 2.17. The number of carbonyl (C=O) groups excluding carboxylic acids is 1. The van der Waals surface area contributed by atoms with E-state index in [4.69, 9.17) is 7.85 Å². The second kappa shape index (κ2) is 1.69. The summed E-state index contributed by atoms with van der Waals surface area (Å²) >= 11 is 0. The largest absolute Gasteiger partial charge is 0.300 e. The fourth-order valence-electron chi connectivity index (χ4n) is 0.843. The maximum absolute atomic E-state index is 10.4. The molecule has 0 amide bonds. The predicted octanol–water partition coefficient (Wildman–Crippen LogP) is 0.696. The van der Waals surface area contributed by atoms with Crippen molar-refractivity contribution in [2.45, 2.75) is 25.1 Å². The first-order chi connectivity index (χ1) is 3.30. The lowest BCUT2D eigenvalue weighted by molar-refractivity contribution is -0.117. The monoisotopic (exact) mass is 94.1 g/mol. The van der Waals surface area contributed by atoms with Crippen LogP contribution in [0.4, 0.5) is 0 Å². The summed E-state index contributed by atoms with van der Waals surface area (Å²) in [5, 5.41) is 0. The Bertz CT molecular complexity index is 90.1. The molecule has 1 atom stereocenters. The van der Waals surface area contributed by atoms with Gasteiger partial charge in [0.05, 0.1) is 7.85 Å². The SMILES string of the molecule is [B]C1CCCC1=O. The number of hydrogen-bond acceptors (Lipinski definition) is 1. The Labute approximate surface area is 44.5 Å².